The molecule has 6 nitrogen and oxygen atoms in total. The Morgan fingerprint density at radius 3 is 2.52 bits per heavy atom. The number of hydrogen-bond donors (Lipinski definition) is 1. The molecule has 0 atom stereocenters. The molecule has 0 radical (unpaired) electrons. The number of benzene rings is 1. The van der Waals surface area contributed by atoms with Gasteiger partial charge in [-0.05, 0) is 26.0 Å². The minimum atomic E-state index is -1.11. The molecule has 0 spiro atoms. The molecule has 2 aromatic rings. The van der Waals surface area contributed by atoms with Crippen LogP contribution < -0.4 is 15.4 Å². The Balaban J connectivity index is 2.34. The van der Waals surface area contributed by atoms with Crippen molar-refractivity contribution < 1.29 is 13.5 Å². The highest BCUT2D eigenvalue weighted by Crippen LogP contribution is 2.24. The van der Waals surface area contributed by atoms with Crippen LogP contribution in [0.3, 0.4) is 0 Å². The van der Waals surface area contributed by atoms with Crippen molar-refractivity contribution >= 4 is 11.9 Å². The minimum Gasteiger partial charge on any atom is -0.421 e. The highest BCUT2D eigenvalue weighted by Gasteiger charge is 2.14. The lowest BCUT2D eigenvalue weighted by atomic mass is 10.3. The van der Waals surface area contributed by atoms with Crippen LogP contribution in [0.5, 0.6) is 11.8 Å². The maximum Gasteiger partial charge on any atom is 0.328 e. The zero-order chi connectivity index (χ0) is 15.4. The number of aromatic nitrogens is 3. The molecule has 2 N–H and O–H groups in total. The quantitative estimate of drug-likeness (QED) is 0.912. The van der Waals surface area contributed by atoms with Gasteiger partial charge in [-0.25, -0.2) is 4.39 Å². The van der Waals surface area contributed by atoms with Gasteiger partial charge < -0.3 is 15.4 Å². The minimum absolute atomic E-state index is 0.0567. The van der Waals surface area contributed by atoms with Crippen LogP contribution in [0.2, 0.25) is 0 Å². The first kappa shape index (κ1) is 14.9. The lowest BCUT2D eigenvalue weighted by Gasteiger charge is -2.18. The normalized spacial score (nSPS) is 10.5. The Labute approximate surface area is 120 Å². The van der Waals surface area contributed by atoms with Crippen LogP contribution in [0.25, 0.3) is 0 Å². The zero-order valence-corrected chi connectivity index (χ0v) is 11.7. The molecule has 0 bridgehead atoms. The van der Waals surface area contributed by atoms with Crippen LogP contribution in [0.15, 0.2) is 18.2 Å². The van der Waals surface area contributed by atoms with Crippen molar-refractivity contribution in [3.05, 3.63) is 29.8 Å². The molecule has 21 heavy (non-hydrogen) atoms. The summed E-state index contributed by atoms with van der Waals surface area (Å²) in [5, 5.41) is 0. The SMILES string of the molecule is CCN(CC)c1nc(N)nc(Oc2cccc(F)c2F)n1. The van der Waals surface area contributed by atoms with Gasteiger partial charge in [0.2, 0.25) is 17.7 Å². The fourth-order valence-electron chi connectivity index (χ4n) is 1.72. The van der Waals surface area contributed by atoms with Crippen molar-refractivity contribution in [2.45, 2.75) is 13.8 Å². The molecule has 8 heteroatoms. The fourth-order valence-corrected chi connectivity index (χ4v) is 1.72. The lowest BCUT2D eigenvalue weighted by molar-refractivity contribution is 0.392. The summed E-state index contributed by atoms with van der Waals surface area (Å²) in [6.07, 6.45) is 0. The number of anilines is 2. The summed E-state index contributed by atoms with van der Waals surface area (Å²) < 4.78 is 31.9. The van der Waals surface area contributed by atoms with E-state index in [0.29, 0.717) is 19.0 Å². The third-order valence-electron chi connectivity index (χ3n) is 2.78. The van der Waals surface area contributed by atoms with E-state index in [2.05, 4.69) is 15.0 Å². The van der Waals surface area contributed by atoms with Crippen LogP contribution in [-0.2, 0) is 0 Å². The number of nitrogen functional groups attached to an aromatic ring is 1. The molecule has 0 saturated carbocycles. The van der Waals surface area contributed by atoms with Gasteiger partial charge in [0.15, 0.2) is 11.6 Å². The number of nitrogens with zero attached hydrogens (tertiary/aromatic N) is 4. The summed E-state index contributed by atoms with van der Waals surface area (Å²) in [5.41, 5.74) is 5.59. The van der Waals surface area contributed by atoms with Gasteiger partial charge >= 0.3 is 6.01 Å². The van der Waals surface area contributed by atoms with E-state index >= 15 is 0 Å². The topological polar surface area (TPSA) is 77.2 Å². The second-order valence-corrected chi connectivity index (χ2v) is 4.10. The Bertz CT molecular complexity index is 634. The van der Waals surface area contributed by atoms with Crippen LogP contribution in [0.4, 0.5) is 20.7 Å². The van der Waals surface area contributed by atoms with Gasteiger partial charge in [0, 0.05) is 13.1 Å². The predicted octanol–water partition coefficient (Wildman–Crippen LogP) is 2.37. The zero-order valence-electron chi connectivity index (χ0n) is 11.7. The number of ether oxygens (including phenoxy) is 1. The summed E-state index contributed by atoms with van der Waals surface area (Å²) in [6, 6.07) is 3.40. The van der Waals surface area contributed by atoms with Crippen molar-refractivity contribution in [3.63, 3.8) is 0 Å². The molecule has 1 aromatic carbocycles. The van der Waals surface area contributed by atoms with E-state index in [-0.39, 0.29) is 17.7 Å². The summed E-state index contributed by atoms with van der Waals surface area (Å²) >= 11 is 0. The van der Waals surface area contributed by atoms with E-state index in [0.717, 1.165) is 6.07 Å². The summed E-state index contributed by atoms with van der Waals surface area (Å²) in [6.45, 7) is 5.17. The first-order valence-electron chi connectivity index (χ1n) is 6.43. The molecular formula is C13H15F2N5O. The molecule has 1 heterocycles. The Morgan fingerprint density at radius 2 is 1.86 bits per heavy atom. The summed E-state index contributed by atoms with van der Waals surface area (Å²) in [7, 11) is 0. The highest BCUT2D eigenvalue weighted by molar-refractivity contribution is 5.37. The molecule has 2 rings (SSSR count). The monoisotopic (exact) mass is 295 g/mol. The van der Waals surface area contributed by atoms with Gasteiger partial charge in [0.25, 0.3) is 0 Å². The van der Waals surface area contributed by atoms with E-state index < -0.39 is 11.6 Å². The van der Waals surface area contributed by atoms with Crippen LogP contribution in [0.1, 0.15) is 13.8 Å². The molecule has 112 valence electrons. The van der Waals surface area contributed by atoms with Crippen molar-refractivity contribution in [2.24, 2.45) is 0 Å². The van der Waals surface area contributed by atoms with E-state index in [1.165, 1.54) is 12.1 Å². The number of hydrogen-bond acceptors (Lipinski definition) is 6. The van der Waals surface area contributed by atoms with Crippen LogP contribution >= 0.6 is 0 Å². The van der Waals surface area contributed by atoms with E-state index in [4.69, 9.17) is 10.5 Å². The Kier molecular flexibility index (Phi) is 4.46. The molecule has 0 aliphatic heterocycles. The van der Waals surface area contributed by atoms with Gasteiger partial charge in [0.05, 0.1) is 0 Å². The molecule has 0 amide bonds. The van der Waals surface area contributed by atoms with Crippen molar-refractivity contribution in [1.29, 1.82) is 0 Å². The predicted molar refractivity (Wildman–Crippen MR) is 74.2 cm³/mol. The van der Waals surface area contributed by atoms with Crippen molar-refractivity contribution in [3.8, 4) is 11.8 Å². The number of halogens is 2. The maximum absolute atomic E-state index is 13.6. The third kappa shape index (κ3) is 3.33. The van der Waals surface area contributed by atoms with E-state index in [1.807, 2.05) is 18.7 Å². The largest absolute Gasteiger partial charge is 0.421 e. The Hall–Kier alpha value is -2.51. The van der Waals surface area contributed by atoms with E-state index in [9.17, 15) is 8.78 Å². The molecular weight excluding hydrogens is 280 g/mol. The summed E-state index contributed by atoms with van der Waals surface area (Å²) in [5.74, 6) is -2.18. The van der Waals surface area contributed by atoms with Crippen molar-refractivity contribution in [2.75, 3.05) is 23.7 Å². The molecule has 0 aliphatic rings. The highest BCUT2D eigenvalue weighted by atomic mass is 19.2. The number of rotatable bonds is 5. The summed E-state index contributed by atoms with van der Waals surface area (Å²) in [4.78, 5) is 13.6. The van der Waals surface area contributed by atoms with Gasteiger partial charge in [-0.15, -0.1) is 0 Å². The number of nitrogens with two attached hydrogens (primary N) is 1. The second kappa shape index (κ2) is 6.29. The molecule has 0 aliphatic carbocycles. The standard InChI is InChI=1S/C13H15F2N5O/c1-3-20(4-2)12-17-11(16)18-13(19-12)21-9-7-5-6-8(14)10(9)15/h5-7H,3-4H2,1-2H3,(H2,16,17,18,19). The molecule has 0 unspecified atom stereocenters. The Morgan fingerprint density at radius 1 is 1.14 bits per heavy atom. The second-order valence-electron chi connectivity index (χ2n) is 4.10. The van der Waals surface area contributed by atoms with Crippen LogP contribution in [-0.4, -0.2) is 28.0 Å². The molecule has 0 fully saturated rings. The fraction of sp³-hybridized carbons (Fsp3) is 0.308. The molecule has 1 aromatic heterocycles. The lowest BCUT2D eigenvalue weighted by Crippen LogP contribution is -2.25. The van der Waals surface area contributed by atoms with Crippen LogP contribution in [0, 0.1) is 11.6 Å². The third-order valence-corrected chi connectivity index (χ3v) is 2.78. The van der Waals surface area contributed by atoms with Gasteiger partial charge in [-0.2, -0.15) is 19.3 Å². The van der Waals surface area contributed by atoms with Crippen molar-refractivity contribution in [1.82, 2.24) is 15.0 Å². The maximum atomic E-state index is 13.6. The first-order valence-corrected chi connectivity index (χ1v) is 6.43. The first-order chi connectivity index (χ1) is 10.0. The van der Waals surface area contributed by atoms with Gasteiger partial charge in [-0.3, -0.25) is 0 Å². The average Bonchev–Trinajstić information content (AvgIpc) is 2.45. The average molecular weight is 295 g/mol. The van der Waals surface area contributed by atoms with Gasteiger partial charge in [-0.1, -0.05) is 6.07 Å². The molecule has 0 saturated heterocycles. The smallest absolute Gasteiger partial charge is 0.328 e. The van der Waals surface area contributed by atoms with E-state index in [1.54, 1.807) is 0 Å². The van der Waals surface area contributed by atoms with Gasteiger partial charge in [0.1, 0.15) is 0 Å².